The van der Waals surface area contributed by atoms with Crippen LogP contribution in [0.4, 0.5) is 5.69 Å². The zero-order valence-electron chi connectivity index (χ0n) is 8.23. The second-order valence-corrected chi connectivity index (χ2v) is 3.19. The molecule has 76 valence electrons. The molecule has 0 spiro atoms. The Hall–Kier alpha value is -1.51. The minimum absolute atomic E-state index is 0.484. The molecule has 0 saturated heterocycles. The molecule has 14 heavy (non-hydrogen) atoms. The first-order valence-corrected chi connectivity index (χ1v) is 4.78. The van der Waals surface area contributed by atoms with Crippen molar-refractivity contribution in [2.24, 2.45) is 0 Å². The van der Waals surface area contributed by atoms with Crippen molar-refractivity contribution in [1.29, 1.82) is 0 Å². The molecule has 2 N–H and O–H groups in total. The number of benzene rings is 1. The Balaban J connectivity index is 2.60. The lowest BCUT2D eigenvalue weighted by molar-refractivity contribution is -0.138. The number of anilines is 1. The van der Waals surface area contributed by atoms with Crippen molar-refractivity contribution >= 4 is 11.7 Å². The molecule has 3 nitrogen and oxygen atoms in total. The van der Waals surface area contributed by atoms with Crippen LogP contribution in [0, 0.1) is 0 Å². The van der Waals surface area contributed by atoms with Crippen LogP contribution in [0.5, 0.6) is 0 Å². The fourth-order valence-corrected chi connectivity index (χ4v) is 1.28. The van der Waals surface area contributed by atoms with E-state index in [-0.39, 0.29) is 0 Å². The SMILES string of the molecule is CCC[C@H](Nc1ccccc1)C(=O)O. The smallest absolute Gasteiger partial charge is 0.326 e. The molecule has 0 heterocycles. The number of hydrogen-bond donors (Lipinski definition) is 2. The minimum Gasteiger partial charge on any atom is -0.480 e. The quantitative estimate of drug-likeness (QED) is 0.754. The third kappa shape index (κ3) is 3.09. The predicted octanol–water partition coefficient (Wildman–Crippen LogP) is 2.35. The van der Waals surface area contributed by atoms with Gasteiger partial charge in [0.15, 0.2) is 0 Å². The Kier molecular flexibility index (Phi) is 3.98. The largest absolute Gasteiger partial charge is 0.480 e. The molecule has 0 bridgehead atoms. The minimum atomic E-state index is -0.796. The molecule has 1 rings (SSSR count). The highest BCUT2D eigenvalue weighted by molar-refractivity contribution is 5.77. The molecule has 1 aromatic carbocycles. The fraction of sp³-hybridized carbons (Fsp3) is 0.364. The van der Waals surface area contributed by atoms with Gasteiger partial charge in [-0.15, -0.1) is 0 Å². The Labute approximate surface area is 83.8 Å². The number of carboxylic acids is 1. The van der Waals surface area contributed by atoms with E-state index >= 15 is 0 Å². The summed E-state index contributed by atoms with van der Waals surface area (Å²) in [4.78, 5) is 10.8. The lowest BCUT2D eigenvalue weighted by Gasteiger charge is -2.14. The van der Waals surface area contributed by atoms with E-state index in [1.165, 1.54) is 0 Å². The van der Waals surface area contributed by atoms with Gasteiger partial charge in [-0.3, -0.25) is 0 Å². The van der Waals surface area contributed by atoms with E-state index in [1.807, 2.05) is 37.3 Å². The third-order valence-corrected chi connectivity index (χ3v) is 1.99. The van der Waals surface area contributed by atoms with E-state index in [2.05, 4.69) is 5.32 Å². The van der Waals surface area contributed by atoms with Crippen molar-refractivity contribution in [3.05, 3.63) is 30.3 Å². The van der Waals surface area contributed by atoms with Crippen molar-refractivity contribution < 1.29 is 9.90 Å². The molecule has 3 heteroatoms. The predicted molar refractivity (Wildman–Crippen MR) is 56.4 cm³/mol. The summed E-state index contributed by atoms with van der Waals surface area (Å²) < 4.78 is 0. The lowest BCUT2D eigenvalue weighted by Crippen LogP contribution is -2.28. The van der Waals surface area contributed by atoms with Gasteiger partial charge in [0.25, 0.3) is 0 Å². The van der Waals surface area contributed by atoms with Gasteiger partial charge in [-0.1, -0.05) is 31.5 Å². The summed E-state index contributed by atoms with van der Waals surface area (Å²) in [7, 11) is 0. The van der Waals surface area contributed by atoms with Crippen LogP contribution < -0.4 is 5.32 Å². The van der Waals surface area contributed by atoms with Crippen LogP contribution in [-0.4, -0.2) is 17.1 Å². The van der Waals surface area contributed by atoms with Gasteiger partial charge in [-0.05, 0) is 18.6 Å². The summed E-state index contributed by atoms with van der Waals surface area (Å²) in [5.74, 6) is -0.796. The van der Waals surface area contributed by atoms with Crippen molar-refractivity contribution in [2.75, 3.05) is 5.32 Å². The molecule has 0 radical (unpaired) electrons. The standard InChI is InChI=1S/C11H15NO2/c1-2-6-10(11(13)14)12-9-7-4-3-5-8-9/h3-5,7-8,10,12H,2,6H2,1H3,(H,13,14)/t10-/m0/s1. The van der Waals surface area contributed by atoms with Gasteiger partial charge in [0.1, 0.15) is 6.04 Å². The second kappa shape index (κ2) is 5.27. The molecule has 1 aromatic rings. The number of hydrogen-bond acceptors (Lipinski definition) is 2. The molecule has 1 atom stereocenters. The number of carboxylic acid groups (broad SMARTS) is 1. The van der Waals surface area contributed by atoms with Crippen LogP contribution >= 0.6 is 0 Å². The van der Waals surface area contributed by atoms with Gasteiger partial charge in [0.05, 0.1) is 0 Å². The maximum absolute atomic E-state index is 10.8. The van der Waals surface area contributed by atoms with Crippen LogP contribution in [0.25, 0.3) is 0 Å². The normalized spacial score (nSPS) is 12.1. The molecule has 0 aromatic heterocycles. The van der Waals surface area contributed by atoms with E-state index in [0.717, 1.165) is 12.1 Å². The lowest BCUT2D eigenvalue weighted by atomic mass is 10.1. The molecule has 0 fully saturated rings. The first-order chi connectivity index (χ1) is 6.74. The van der Waals surface area contributed by atoms with Gasteiger partial charge in [-0.25, -0.2) is 4.79 Å². The highest BCUT2D eigenvalue weighted by atomic mass is 16.4. The zero-order chi connectivity index (χ0) is 10.4. The summed E-state index contributed by atoms with van der Waals surface area (Å²) in [6.07, 6.45) is 1.50. The first-order valence-electron chi connectivity index (χ1n) is 4.78. The van der Waals surface area contributed by atoms with Gasteiger partial charge >= 0.3 is 5.97 Å². The molecule has 0 aliphatic carbocycles. The van der Waals surface area contributed by atoms with Gasteiger partial charge in [0, 0.05) is 5.69 Å². The van der Waals surface area contributed by atoms with Crippen LogP contribution in [0.15, 0.2) is 30.3 Å². The van der Waals surface area contributed by atoms with Crippen LogP contribution in [-0.2, 0) is 4.79 Å². The Morgan fingerprint density at radius 3 is 2.57 bits per heavy atom. The van der Waals surface area contributed by atoms with E-state index in [0.29, 0.717) is 6.42 Å². The Bertz CT molecular complexity index is 285. The molecule has 0 amide bonds. The number of carbonyl (C=O) groups is 1. The van der Waals surface area contributed by atoms with Crippen molar-refractivity contribution in [3.8, 4) is 0 Å². The summed E-state index contributed by atoms with van der Waals surface area (Å²) in [6, 6.07) is 8.92. The monoisotopic (exact) mass is 193 g/mol. The summed E-state index contributed by atoms with van der Waals surface area (Å²) >= 11 is 0. The molecule has 0 aliphatic rings. The van der Waals surface area contributed by atoms with Crippen molar-refractivity contribution in [1.82, 2.24) is 0 Å². The molecular formula is C11H15NO2. The fourth-order valence-electron chi connectivity index (χ4n) is 1.28. The van der Waals surface area contributed by atoms with Crippen LogP contribution in [0.3, 0.4) is 0 Å². The topological polar surface area (TPSA) is 49.3 Å². The second-order valence-electron chi connectivity index (χ2n) is 3.19. The van der Waals surface area contributed by atoms with Crippen LogP contribution in [0.1, 0.15) is 19.8 Å². The molecular weight excluding hydrogens is 178 g/mol. The van der Waals surface area contributed by atoms with Crippen LogP contribution in [0.2, 0.25) is 0 Å². The molecule has 0 saturated carbocycles. The number of para-hydroxylation sites is 1. The van der Waals surface area contributed by atoms with Gasteiger partial charge in [-0.2, -0.15) is 0 Å². The third-order valence-electron chi connectivity index (χ3n) is 1.99. The maximum atomic E-state index is 10.8. The first kappa shape index (κ1) is 10.6. The van der Waals surface area contributed by atoms with Gasteiger partial charge < -0.3 is 10.4 Å². The van der Waals surface area contributed by atoms with E-state index in [1.54, 1.807) is 0 Å². The highest BCUT2D eigenvalue weighted by Crippen LogP contribution is 2.10. The van der Waals surface area contributed by atoms with Gasteiger partial charge in [0.2, 0.25) is 0 Å². The number of nitrogens with one attached hydrogen (secondary N) is 1. The number of rotatable bonds is 5. The molecule has 0 aliphatic heterocycles. The Morgan fingerprint density at radius 1 is 1.43 bits per heavy atom. The average molecular weight is 193 g/mol. The van der Waals surface area contributed by atoms with Crippen molar-refractivity contribution in [2.45, 2.75) is 25.8 Å². The summed E-state index contributed by atoms with van der Waals surface area (Å²) in [6.45, 7) is 1.97. The van der Waals surface area contributed by atoms with Crippen molar-refractivity contribution in [3.63, 3.8) is 0 Å². The number of aliphatic carboxylic acids is 1. The molecule has 0 unspecified atom stereocenters. The highest BCUT2D eigenvalue weighted by Gasteiger charge is 2.14. The zero-order valence-corrected chi connectivity index (χ0v) is 8.23. The summed E-state index contributed by atoms with van der Waals surface area (Å²) in [5.41, 5.74) is 0.855. The average Bonchev–Trinajstić information content (AvgIpc) is 2.18. The van der Waals surface area contributed by atoms with E-state index in [4.69, 9.17) is 5.11 Å². The van der Waals surface area contributed by atoms with E-state index < -0.39 is 12.0 Å². The maximum Gasteiger partial charge on any atom is 0.326 e. The summed E-state index contributed by atoms with van der Waals surface area (Å²) in [5, 5.41) is 11.9. The Morgan fingerprint density at radius 2 is 2.07 bits per heavy atom. The van der Waals surface area contributed by atoms with E-state index in [9.17, 15) is 4.79 Å².